The number of ether oxygens (including phenoxy) is 1. The molecule has 0 N–H and O–H groups in total. The first-order valence-electron chi connectivity index (χ1n) is 4.81. The van der Waals surface area contributed by atoms with Crippen LogP contribution in [0.5, 0.6) is 5.75 Å². The van der Waals surface area contributed by atoms with Gasteiger partial charge in [-0.2, -0.15) is 8.78 Å². The van der Waals surface area contributed by atoms with E-state index in [9.17, 15) is 8.78 Å². The number of benzene rings is 1. The summed E-state index contributed by atoms with van der Waals surface area (Å²) in [7, 11) is 0. The fourth-order valence-corrected chi connectivity index (χ4v) is 1.62. The van der Waals surface area contributed by atoms with E-state index in [0.717, 1.165) is 5.56 Å². The molecule has 0 spiro atoms. The van der Waals surface area contributed by atoms with Crippen LogP contribution < -0.4 is 4.74 Å². The Balaban J connectivity index is 2.46. The number of alkyl halides is 2. The van der Waals surface area contributed by atoms with Crippen LogP contribution in [-0.4, -0.2) is 11.6 Å². The number of halogens is 3. The molecule has 0 fully saturated rings. The van der Waals surface area contributed by atoms with E-state index < -0.39 is 6.61 Å². The van der Waals surface area contributed by atoms with Crippen LogP contribution in [-0.2, 0) is 0 Å². The lowest BCUT2D eigenvalue weighted by atomic mass is 10.1. The number of nitrogens with zero attached hydrogens (tertiary/aromatic N) is 1. The highest BCUT2D eigenvalue weighted by Crippen LogP contribution is 2.33. The second-order valence-electron chi connectivity index (χ2n) is 3.25. The largest absolute Gasteiger partial charge is 0.434 e. The number of hydrogen-bond acceptors (Lipinski definition) is 2. The van der Waals surface area contributed by atoms with E-state index in [1.165, 1.54) is 6.07 Å². The van der Waals surface area contributed by atoms with Gasteiger partial charge in [0.05, 0.1) is 0 Å². The number of pyridine rings is 1. The summed E-state index contributed by atoms with van der Waals surface area (Å²) in [4.78, 5) is 3.86. The summed E-state index contributed by atoms with van der Waals surface area (Å²) < 4.78 is 29.0. The van der Waals surface area contributed by atoms with Crippen LogP contribution in [0.25, 0.3) is 11.1 Å². The van der Waals surface area contributed by atoms with Crippen LogP contribution >= 0.6 is 11.6 Å². The Kier molecular flexibility index (Phi) is 3.54. The van der Waals surface area contributed by atoms with Crippen molar-refractivity contribution in [2.75, 3.05) is 0 Å². The molecule has 0 amide bonds. The molecule has 2 aromatic rings. The number of hydrogen-bond donors (Lipinski definition) is 0. The lowest BCUT2D eigenvalue weighted by molar-refractivity contribution is -0.0494. The van der Waals surface area contributed by atoms with E-state index in [1.807, 2.05) is 0 Å². The molecule has 0 aliphatic heterocycles. The first kappa shape index (κ1) is 11.8. The van der Waals surface area contributed by atoms with Gasteiger partial charge in [0, 0.05) is 23.0 Å². The molecule has 88 valence electrons. The van der Waals surface area contributed by atoms with Gasteiger partial charge in [0.25, 0.3) is 0 Å². The van der Waals surface area contributed by atoms with Gasteiger partial charge in [0.2, 0.25) is 0 Å². The Hall–Kier alpha value is -1.68. The molecule has 0 aliphatic carbocycles. The first-order chi connectivity index (χ1) is 8.16. The third-order valence-electron chi connectivity index (χ3n) is 2.15. The molecule has 17 heavy (non-hydrogen) atoms. The maximum atomic E-state index is 12.3. The summed E-state index contributed by atoms with van der Waals surface area (Å²) in [6, 6.07) is 8.04. The summed E-state index contributed by atoms with van der Waals surface area (Å²) >= 11 is 5.75. The molecule has 2 nitrogen and oxygen atoms in total. The molecule has 0 saturated heterocycles. The van der Waals surface area contributed by atoms with Crippen molar-refractivity contribution in [1.82, 2.24) is 4.98 Å². The Bertz CT molecular complexity index is 505. The van der Waals surface area contributed by atoms with Crippen molar-refractivity contribution in [1.29, 1.82) is 0 Å². The van der Waals surface area contributed by atoms with Crippen molar-refractivity contribution < 1.29 is 13.5 Å². The van der Waals surface area contributed by atoms with Crippen molar-refractivity contribution in [3.63, 3.8) is 0 Å². The van der Waals surface area contributed by atoms with Gasteiger partial charge in [-0.3, -0.25) is 4.98 Å². The van der Waals surface area contributed by atoms with Gasteiger partial charge >= 0.3 is 6.61 Å². The van der Waals surface area contributed by atoms with Gasteiger partial charge < -0.3 is 4.74 Å². The molecule has 1 aromatic carbocycles. The predicted molar refractivity (Wildman–Crippen MR) is 61.3 cm³/mol. The highest BCUT2D eigenvalue weighted by molar-refractivity contribution is 6.30. The minimum atomic E-state index is -2.88. The van der Waals surface area contributed by atoms with E-state index in [1.54, 1.807) is 36.7 Å². The summed E-state index contributed by atoms with van der Waals surface area (Å²) in [5, 5.41) is 0.346. The van der Waals surface area contributed by atoms with E-state index in [-0.39, 0.29) is 5.75 Å². The Morgan fingerprint density at radius 2 is 1.82 bits per heavy atom. The van der Waals surface area contributed by atoms with Crippen molar-refractivity contribution in [2.45, 2.75) is 6.61 Å². The topological polar surface area (TPSA) is 22.1 Å². The smallest absolute Gasteiger partial charge is 0.387 e. The highest BCUT2D eigenvalue weighted by atomic mass is 35.5. The van der Waals surface area contributed by atoms with Crippen molar-refractivity contribution >= 4 is 11.6 Å². The Morgan fingerprint density at radius 1 is 1.12 bits per heavy atom. The molecular weight excluding hydrogens is 248 g/mol. The number of aromatic nitrogens is 1. The summed E-state index contributed by atoms with van der Waals surface area (Å²) in [6.07, 6.45) is 3.16. The fraction of sp³-hybridized carbons (Fsp3) is 0.0833. The number of rotatable bonds is 3. The SMILES string of the molecule is FC(F)Oc1cc(Cl)ccc1-c1ccncc1. The van der Waals surface area contributed by atoms with Crippen LogP contribution in [0.15, 0.2) is 42.7 Å². The van der Waals surface area contributed by atoms with Crippen molar-refractivity contribution in [3.05, 3.63) is 47.7 Å². The van der Waals surface area contributed by atoms with Crippen LogP contribution in [0.1, 0.15) is 0 Å². The van der Waals surface area contributed by atoms with Gasteiger partial charge in [0.15, 0.2) is 0 Å². The van der Waals surface area contributed by atoms with E-state index in [0.29, 0.717) is 10.6 Å². The standard InChI is InChI=1S/C12H8ClF2NO/c13-9-1-2-10(8-3-5-16-6-4-8)11(7-9)17-12(14)15/h1-7,12H. The van der Waals surface area contributed by atoms with Crippen molar-refractivity contribution in [3.8, 4) is 16.9 Å². The third-order valence-corrected chi connectivity index (χ3v) is 2.39. The lowest BCUT2D eigenvalue weighted by Gasteiger charge is -2.11. The monoisotopic (exact) mass is 255 g/mol. The molecule has 2 rings (SSSR count). The van der Waals surface area contributed by atoms with Gasteiger partial charge in [-0.05, 0) is 35.9 Å². The van der Waals surface area contributed by atoms with Gasteiger partial charge in [-0.1, -0.05) is 11.6 Å². The van der Waals surface area contributed by atoms with E-state index >= 15 is 0 Å². The van der Waals surface area contributed by atoms with Crippen LogP contribution in [0.3, 0.4) is 0 Å². The first-order valence-corrected chi connectivity index (χ1v) is 5.19. The molecular formula is C12H8ClF2NO. The molecule has 0 aliphatic rings. The normalized spacial score (nSPS) is 10.6. The minimum Gasteiger partial charge on any atom is -0.434 e. The highest BCUT2D eigenvalue weighted by Gasteiger charge is 2.11. The predicted octanol–water partition coefficient (Wildman–Crippen LogP) is 4.00. The van der Waals surface area contributed by atoms with Crippen molar-refractivity contribution in [2.24, 2.45) is 0 Å². The Labute approximate surface area is 102 Å². The molecule has 0 unspecified atom stereocenters. The maximum Gasteiger partial charge on any atom is 0.387 e. The summed E-state index contributed by atoms with van der Waals surface area (Å²) in [5.74, 6) is 0.0544. The molecule has 0 radical (unpaired) electrons. The van der Waals surface area contributed by atoms with Crippen LogP contribution in [0, 0.1) is 0 Å². The van der Waals surface area contributed by atoms with Gasteiger partial charge in [-0.15, -0.1) is 0 Å². The summed E-state index contributed by atoms with van der Waals surface area (Å²) in [5.41, 5.74) is 1.30. The second kappa shape index (κ2) is 5.10. The maximum absolute atomic E-state index is 12.3. The quantitative estimate of drug-likeness (QED) is 0.827. The van der Waals surface area contributed by atoms with Crippen LogP contribution in [0.4, 0.5) is 8.78 Å². The molecule has 5 heteroatoms. The van der Waals surface area contributed by atoms with E-state index in [2.05, 4.69) is 9.72 Å². The lowest BCUT2D eigenvalue weighted by Crippen LogP contribution is -2.03. The minimum absolute atomic E-state index is 0.0544. The van der Waals surface area contributed by atoms with Crippen LogP contribution in [0.2, 0.25) is 5.02 Å². The average molecular weight is 256 g/mol. The molecule has 0 saturated carbocycles. The van der Waals surface area contributed by atoms with Gasteiger partial charge in [-0.25, -0.2) is 0 Å². The fourth-order valence-electron chi connectivity index (χ4n) is 1.46. The molecule has 0 atom stereocenters. The van der Waals surface area contributed by atoms with Gasteiger partial charge in [0.1, 0.15) is 5.75 Å². The average Bonchev–Trinajstić information content (AvgIpc) is 2.29. The molecule has 0 bridgehead atoms. The summed E-state index contributed by atoms with van der Waals surface area (Å²) in [6.45, 7) is -2.88. The third kappa shape index (κ3) is 2.91. The zero-order valence-electron chi connectivity index (χ0n) is 8.61. The molecule has 1 heterocycles. The Morgan fingerprint density at radius 3 is 2.47 bits per heavy atom. The van der Waals surface area contributed by atoms with E-state index in [4.69, 9.17) is 11.6 Å². The second-order valence-corrected chi connectivity index (χ2v) is 3.69. The molecule has 1 aromatic heterocycles. The zero-order chi connectivity index (χ0) is 12.3. The zero-order valence-corrected chi connectivity index (χ0v) is 9.36.